The summed E-state index contributed by atoms with van der Waals surface area (Å²) in [6.45, 7) is 2.10. The number of anilines is 2. The lowest BCUT2D eigenvalue weighted by atomic mass is 10.1. The Balaban J connectivity index is 2.08. The monoisotopic (exact) mass is 308 g/mol. The molecule has 0 saturated heterocycles. The molecule has 0 saturated carbocycles. The fourth-order valence-electron chi connectivity index (χ4n) is 2.09. The van der Waals surface area contributed by atoms with E-state index in [-0.39, 0.29) is 6.04 Å². The summed E-state index contributed by atoms with van der Waals surface area (Å²) in [7, 11) is -1.35. The number of nitrogens with one attached hydrogen (secondary N) is 2. The van der Waals surface area contributed by atoms with Crippen molar-refractivity contribution in [3.05, 3.63) is 42.2 Å². The Hall–Kier alpha value is -2.02. The van der Waals surface area contributed by atoms with Crippen LogP contribution in [0.2, 0.25) is 0 Å². The van der Waals surface area contributed by atoms with E-state index >= 15 is 0 Å². The second kappa shape index (κ2) is 6.17. The first-order valence-corrected chi connectivity index (χ1v) is 8.59. The van der Waals surface area contributed by atoms with Crippen LogP contribution in [0.1, 0.15) is 24.9 Å². The summed E-state index contributed by atoms with van der Waals surface area (Å²) in [6.07, 6.45) is 5.89. The first kappa shape index (κ1) is 15.4. The van der Waals surface area contributed by atoms with Crippen LogP contribution < -0.4 is 10.0 Å². The molecule has 0 radical (unpaired) electrons. The summed E-state index contributed by atoms with van der Waals surface area (Å²) >= 11 is 0. The molecule has 1 unspecified atom stereocenters. The van der Waals surface area contributed by atoms with Gasteiger partial charge in [0.2, 0.25) is 10.0 Å². The van der Waals surface area contributed by atoms with Crippen molar-refractivity contribution in [3.8, 4) is 0 Å². The molecule has 1 aromatic carbocycles. The van der Waals surface area contributed by atoms with Crippen LogP contribution in [0, 0.1) is 0 Å². The molecule has 2 rings (SSSR count). The van der Waals surface area contributed by atoms with Gasteiger partial charge in [0.05, 0.1) is 18.5 Å². The molecule has 2 aromatic rings. The van der Waals surface area contributed by atoms with Gasteiger partial charge in [-0.1, -0.05) is 6.92 Å². The van der Waals surface area contributed by atoms with Gasteiger partial charge in [0.15, 0.2) is 0 Å². The number of sulfonamides is 1. The minimum atomic E-state index is -3.24. The summed E-state index contributed by atoms with van der Waals surface area (Å²) in [5.41, 5.74) is 2.61. The van der Waals surface area contributed by atoms with Crippen molar-refractivity contribution < 1.29 is 8.42 Å². The standard InChI is InChI=1S/C14H20N4O2S/c1-4-14(11-9-15-18(2)10-11)16-12-5-7-13(8-6-12)17-21(3,19)20/h5-10,14,16-17H,4H2,1-3H3. The third-order valence-electron chi connectivity index (χ3n) is 3.06. The quantitative estimate of drug-likeness (QED) is 0.859. The van der Waals surface area contributed by atoms with Crippen molar-refractivity contribution in [2.75, 3.05) is 16.3 Å². The van der Waals surface area contributed by atoms with Crippen molar-refractivity contribution in [1.29, 1.82) is 0 Å². The van der Waals surface area contributed by atoms with Crippen LogP contribution in [0.5, 0.6) is 0 Å². The second-order valence-corrected chi connectivity index (χ2v) is 6.75. The van der Waals surface area contributed by atoms with Gasteiger partial charge < -0.3 is 5.32 Å². The molecule has 7 heteroatoms. The largest absolute Gasteiger partial charge is 0.378 e. The van der Waals surface area contributed by atoms with Crippen LogP contribution >= 0.6 is 0 Å². The molecule has 0 aliphatic rings. The van der Waals surface area contributed by atoms with Crippen LogP contribution in [-0.2, 0) is 17.1 Å². The zero-order chi connectivity index (χ0) is 15.5. The Morgan fingerprint density at radius 3 is 2.33 bits per heavy atom. The zero-order valence-corrected chi connectivity index (χ0v) is 13.2. The van der Waals surface area contributed by atoms with E-state index in [0.717, 1.165) is 23.9 Å². The second-order valence-electron chi connectivity index (χ2n) is 5.00. The molecule has 0 bridgehead atoms. The summed E-state index contributed by atoms with van der Waals surface area (Å²) in [6, 6.07) is 7.35. The average molecular weight is 308 g/mol. The minimum Gasteiger partial charge on any atom is -0.378 e. The van der Waals surface area contributed by atoms with Crippen LogP contribution in [0.15, 0.2) is 36.7 Å². The van der Waals surface area contributed by atoms with E-state index in [0.29, 0.717) is 5.69 Å². The Morgan fingerprint density at radius 2 is 1.86 bits per heavy atom. The first-order chi connectivity index (χ1) is 9.87. The van der Waals surface area contributed by atoms with E-state index in [2.05, 4.69) is 22.1 Å². The lowest BCUT2D eigenvalue weighted by molar-refractivity contribution is 0.607. The van der Waals surface area contributed by atoms with Crippen LogP contribution in [0.4, 0.5) is 11.4 Å². The highest BCUT2D eigenvalue weighted by Crippen LogP contribution is 2.23. The Kier molecular flexibility index (Phi) is 4.52. The lowest BCUT2D eigenvalue weighted by Crippen LogP contribution is -2.10. The van der Waals surface area contributed by atoms with Gasteiger partial charge in [-0.2, -0.15) is 5.10 Å². The van der Waals surface area contributed by atoms with E-state index in [1.165, 1.54) is 0 Å². The van der Waals surface area contributed by atoms with Crippen molar-refractivity contribution in [2.45, 2.75) is 19.4 Å². The van der Waals surface area contributed by atoms with E-state index in [1.54, 1.807) is 16.8 Å². The first-order valence-electron chi connectivity index (χ1n) is 6.70. The van der Waals surface area contributed by atoms with Crippen molar-refractivity contribution >= 4 is 21.4 Å². The maximum Gasteiger partial charge on any atom is 0.229 e. The Bertz CT molecular complexity index is 692. The number of aromatic nitrogens is 2. The number of hydrogen-bond donors (Lipinski definition) is 2. The predicted molar refractivity (Wildman–Crippen MR) is 84.8 cm³/mol. The Labute approximate surface area is 125 Å². The van der Waals surface area contributed by atoms with Crippen molar-refractivity contribution in [1.82, 2.24) is 9.78 Å². The fraction of sp³-hybridized carbons (Fsp3) is 0.357. The normalized spacial score (nSPS) is 12.9. The van der Waals surface area contributed by atoms with Gasteiger partial charge in [0.25, 0.3) is 0 Å². The highest BCUT2D eigenvalue weighted by atomic mass is 32.2. The van der Waals surface area contributed by atoms with Gasteiger partial charge in [-0.3, -0.25) is 9.40 Å². The number of benzene rings is 1. The van der Waals surface area contributed by atoms with Gasteiger partial charge in [-0.05, 0) is 30.7 Å². The molecule has 2 N–H and O–H groups in total. The van der Waals surface area contributed by atoms with E-state index < -0.39 is 10.0 Å². The number of nitrogens with zero attached hydrogens (tertiary/aromatic N) is 2. The summed E-state index contributed by atoms with van der Waals surface area (Å²) in [5, 5.41) is 7.60. The molecular weight excluding hydrogens is 288 g/mol. The molecule has 1 atom stereocenters. The molecule has 0 aliphatic carbocycles. The van der Waals surface area contributed by atoms with E-state index in [9.17, 15) is 8.42 Å². The average Bonchev–Trinajstić information content (AvgIpc) is 2.82. The summed E-state index contributed by atoms with van der Waals surface area (Å²) < 4.78 is 26.5. The number of aryl methyl sites for hydroxylation is 1. The molecule has 0 fully saturated rings. The van der Waals surface area contributed by atoms with E-state index in [4.69, 9.17) is 0 Å². The van der Waals surface area contributed by atoms with Gasteiger partial charge in [-0.15, -0.1) is 0 Å². The molecule has 114 valence electrons. The SMILES string of the molecule is CCC(Nc1ccc(NS(C)(=O)=O)cc1)c1cnn(C)c1. The zero-order valence-electron chi connectivity index (χ0n) is 12.4. The molecule has 1 heterocycles. The Morgan fingerprint density at radius 1 is 1.24 bits per heavy atom. The molecule has 21 heavy (non-hydrogen) atoms. The van der Waals surface area contributed by atoms with Crippen LogP contribution in [0.3, 0.4) is 0 Å². The summed E-state index contributed by atoms with van der Waals surface area (Å²) in [5.74, 6) is 0. The maximum atomic E-state index is 11.2. The third kappa shape index (κ3) is 4.49. The van der Waals surface area contributed by atoms with Crippen molar-refractivity contribution in [2.24, 2.45) is 7.05 Å². The molecule has 0 spiro atoms. The number of hydrogen-bond acceptors (Lipinski definition) is 4. The summed E-state index contributed by atoms with van der Waals surface area (Å²) in [4.78, 5) is 0. The van der Waals surface area contributed by atoms with E-state index in [1.807, 2.05) is 31.6 Å². The fourth-order valence-corrected chi connectivity index (χ4v) is 2.66. The molecular formula is C14H20N4O2S. The van der Waals surface area contributed by atoms with Gasteiger partial charge >= 0.3 is 0 Å². The van der Waals surface area contributed by atoms with Gasteiger partial charge in [-0.25, -0.2) is 8.42 Å². The van der Waals surface area contributed by atoms with Gasteiger partial charge in [0, 0.05) is 30.2 Å². The minimum absolute atomic E-state index is 0.174. The van der Waals surface area contributed by atoms with Crippen LogP contribution in [-0.4, -0.2) is 24.5 Å². The molecule has 0 aliphatic heterocycles. The van der Waals surface area contributed by atoms with Crippen LogP contribution in [0.25, 0.3) is 0 Å². The highest BCUT2D eigenvalue weighted by Gasteiger charge is 2.11. The molecule has 6 nitrogen and oxygen atoms in total. The third-order valence-corrected chi connectivity index (χ3v) is 3.67. The highest BCUT2D eigenvalue weighted by molar-refractivity contribution is 7.92. The molecule has 0 amide bonds. The molecule has 1 aromatic heterocycles. The lowest BCUT2D eigenvalue weighted by Gasteiger charge is -2.17. The van der Waals surface area contributed by atoms with Gasteiger partial charge in [0.1, 0.15) is 0 Å². The predicted octanol–water partition coefficient (Wildman–Crippen LogP) is 2.35. The maximum absolute atomic E-state index is 11.2. The number of rotatable bonds is 6. The smallest absolute Gasteiger partial charge is 0.229 e. The topological polar surface area (TPSA) is 76.0 Å². The van der Waals surface area contributed by atoms with Crippen molar-refractivity contribution in [3.63, 3.8) is 0 Å².